The van der Waals surface area contributed by atoms with Crippen LogP contribution in [0.2, 0.25) is 0 Å². The van der Waals surface area contributed by atoms with Gasteiger partial charge < -0.3 is 9.30 Å². The Balaban J connectivity index is 1.95. The van der Waals surface area contributed by atoms with Crippen molar-refractivity contribution in [1.29, 1.82) is 0 Å². The minimum atomic E-state index is -0.639. The number of hydrogen-bond acceptors (Lipinski definition) is 4. The average Bonchev–Trinajstić information content (AvgIpc) is 3.07. The second kappa shape index (κ2) is 8.28. The predicted molar refractivity (Wildman–Crippen MR) is 108 cm³/mol. The van der Waals surface area contributed by atoms with E-state index < -0.39 is 11.6 Å². The number of hydrogen-bond donors (Lipinski definition) is 0. The van der Waals surface area contributed by atoms with Crippen molar-refractivity contribution in [3.05, 3.63) is 57.8 Å². The average molecular weight is 405 g/mol. The van der Waals surface area contributed by atoms with Crippen molar-refractivity contribution in [3.63, 3.8) is 0 Å². The van der Waals surface area contributed by atoms with Gasteiger partial charge in [-0.1, -0.05) is 0 Å². The van der Waals surface area contributed by atoms with E-state index in [-0.39, 0.29) is 11.6 Å². The van der Waals surface area contributed by atoms with Gasteiger partial charge in [-0.15, -0.1) is 0 Å². The number of likely N-dealkylation sites (N-methyl/N-ethyl adjacent to an activating group) is 1. The van der Waals surface area contributed by atoms with Crippen molar-refractivity contribution in [2.45, 2.75) is 13.8 Å². The number of nitrogens with zero attached hydrogens (tertiary/aromatic N) is 3. The van der Waals surface area contributed by atoms with Gasteiger partial charge in [0, 0.05) is 31.6 Å². The fraction of sp³-hybridized carbons (Fsp3) is 0.300. The number of aromatic nitrogens is 1. The molecule has 1 fully saturated rings. The summed E-state index contributed by atoms with van der Waals surface area (Å²) in [6, 6.07) is 5.37. The molecule has 0 radical (unpaired) electrons. The summed E-state index contributed by atoms with van der Waals surface area (Å²) in [7, 11) is 3.28. The smallest absolute Gasteiger partial charge is 0.266 e. The van der Waals surface area contributed by atoms with Crippen LogP contribution in [-0.2, 0) is 9.53 Å². The van der Waals surface area contributed by atoms with Gasteiger partial charge in [-0.05, 0) is 55.4 Å². The van der Waals surface area contributed by atoms with E-state index >= 15 is 0 Å². The second-order valence-electron chi connectivity index (χ2n) is 6.39. The number of benzene rings is 1. The van der Waals surface area contributed by atoms with E-state index in [9.17, 15) is 13.6 Å². The quantitative estimate of drug-likeness (QED) is 0.560. The summed E-state index contributed by atoms with van der Waals surface area (Å²) in [6.45, 7) is 4.63. The van der Waals surface area contributed by atoms with E-state index in [2.05, 4.69) is 4.99 Å². The Labute approximate surface area is 166 Å². The van der Waals surface area contributed by atoms with Crippen LogP contribution in [0.5, 0.6) is 0 Å². The third kappa shape index (κ3) is 3.88. The number of carbonyl (C=O) groups excluding carboxylic acids is 1. The summed E-state index contributed by atoms with van der Waals surface area (Å²) in [6.07, 6.45) is 1.78. The highest BCUT2D eigenvalue weighted by Crippen LogP contribution is 2.33. The van der Waals surface area contributed by atoms with Crippen LogP contribution in [0.4, 0.5) is 8.78 Å². The summed E-state index contributed by atoms with van der Waals surface area (Å²) < 4.78 is 34.2. The number of aryl methyl sites for hydroxylation is 1. The first kappa shape index (κ1) is 20.3. The Morgan fingerprint density at radius 1 is 1.25 bits per heavy atom. The summed E-state index contributed by atoms with van der Waals surface area (Å²) in [5.41, 5.74) is 2.61. The minimum absolute atomic E-state index is 0.140. The molecule has 0 unspecified atom stereocenters. The Morgan fingerprint density at radius 2 is 2.00 bits per heavy atom. The van der Waals surface area contributed by atoms with E-state index in [0.717, 1.165) is 23.0 Å². The Bertz CT molecular complexity index is 982. The third-order valence-corrected chi connectivity index (χ3v) is 5.55. The number of halogens is 2. The lowest BCUT2D eigenvalue weighted by molar-refractivity contribution is -0.121. The van der Waals surface area contributed by atoms with Crippen molar-refractivity contribution in [1.82, 2.24) is 9.47 Å². The summed E-state index contributed by atoms with van der Waals surface area (Å²) in [5.74, 6) is -1.40. The first-order chi connectivity index (χ1) is 13.3. The molecule has 0 atom stereocenters. The lowest BCUT2D eigenvalue weighted by atomic mass is 10.2. The molecule has 1 saturated heterocycles. The molecule has 0 saturated carbocycles. The molecule has 1 aromatic carbocycles. The van der Waals surface area contributed by atoms with Crippen LogP contribution in [0.3, 0.4) is 0 Å². The fourth-order valence-corrected chi connectivity index (χ4v) is 4.02. The number of methoxy groups -OCH3 is 1. The van der Waals surface area contributed by atoms with Crippen LogP contribution in [0.15, 0.2) is 34.2 Å². The molecule has 0 spiro atoms. The molecule has 0 N–H and O–H groups in total. The number of aliphatic imine (C=N–C) groups is 1. The largest absolute Gasteiger partial charge is 0.383 e. The van der Waals surface area contributed by atoms with Crippen molar-refractivity contribution < 1.29 is 18.3 Å². The molecule has 0 aliphatic carbocycles. The van der Waals surface area contributed by atoms with Crippen LogP contribution in [-0.4, -0.2) is 47.9 Å². The van der Waals surface area contributed by atoms with Crippen molar-refractivity contribution in [2.24, 2.45) is 4.99 Å². The van der Waals surface area contributed by atoms with Crippen molar-refractivity contribution in [2.75, 3.05) is 27.3 Å². The number of carbonyl (C=O) groups is 1. The molecule has 3 rings (SSSR count). The van der Waals surface area contributed by atoms with Gasteiger partial charge in [0.1, 0.15) is 11.6 Å². The molecule has 1 aliphatic heterocycles. The second-order valence-corrected chi connectivity index (χ2v) is 7.40. The van der Waals surface area contributed by atoms with Crippen LogP contribution in [0, 0.1) is 25.5 Å². The molecule has 148 valence electrons. The first-order valence-corrected chi connectivity index (χ1v) is 9.50. The van der Waals surface area contributed by atoms with Gasteiger partial charge in [0.05, 0.1) is 23.7 Å². The minimum Gasteiger partial charge on any atom is -0.383 e. The molecule has 2 aromatic rings. The maximum absolute atomic E-state index is 14.3. The summed E-state index contributed by atoms with van der Waals surface area (Å²) in [4.78, 5) is 19.0. The fourth-order valence-electron chi connectivity index (χ4n) is 3.03. The molecule has 2 heterocycles. The Kier molecular flexibility index (Phi) is 6.00. The zero-order valence-corrected chi connectivity index (χ0v) is 16.9. The molecule has 1 amide bonds. The number of ether oxygens (including phenoxy) is 1. The zero-order chi connectivity index (χ0) is 20.4. The monoisotopic (exact) mass is 405 g/mol. The molecular weight excluding hydrogens is 384 g/mol. The number of rotatable bonds is 5. The van der Waals surface area contributed by atoms with Crippen molar-refractivity contribution in [3.8, 4) is 5.69 Å². The first-order valence-electron chi connectivity index (χ1n) is 8.69. The van der Waals surface area contributed by atoms with Gasteiger partial charge in [0.15, 0.2) is 5.17 Å². The van der Waals surface area contributed by atoms with E-state index in [1.807, 2.05) is 19.9 Å². The number of amides is 1. The number of amidine groups is 1. The van der Waals surface area contributed by atoms with E-state index in [1.165, 1.54) is 28.8 Å². The molecular formula is C20H21F2N3O2S. The van der Waals surface area contributed by atoms with Gasteiger partial charge in [-0.2, -0.15) is 0 Å². The molecule has 1 aliphatic rings. The van der Waals surface area contributed by atoms with Crippen LogP contribution < -0.4 is 0 Å². The topological polar surface area (TPSA) is 46.8 Å². The van der Waals surface area contributed by atoms with Gasteiger partial charge in [0.2, 0.25) is 0 Å². The predicted octanol–water partition coefficient (Wildman–Crippen LogP) is 3.92. The highest BCUT2D eigenvalue weighted by molar-refractivity contribution is 8.18. The Hall–Kier alpha value is -2.45. The maximum atomic E-state index is 14.3. The highest BCUT2D eigenvalue weighted by atomic mass is 32.2. The summed E-state index contributed by atoms with van der Waals surface area (Å²) in [5, 5.41) is 0.617. The van der Waals surface area contributed by atoms with Gasteiger partial charge in [-0.3, -0.25) is 14.7 Å². The third-order valence-electron chi connectivity index (χ3n) is 4.45. The standard InChI is InChI=1S/C20H21F2N3O2S/c1-12-9-14(13(2)25(12)17-6-5-15(21)11-16(17)22)10-18-19(26)24(3)20(28-18)23-7-8-27-4/h5-6,9-11H,7-8H2,1-4H3/b18-10-,23-20?. The van der Waals surface area contributed by atoms with Crippen LogP contribution in [0.25, 0.3) is 11.8 Å². The SMILES string of the molecule is COCCN=C1S/C(=C\c2cc(C)n(-c3ccc(F)cc3F)c2C)C(=O)N1C. The summed E-state index contributed by atoms with van der Waals surface area (Å²) >= 11 is 1.30. The Morgan fingerprint density at radius 3 is 2.68 bits per heavy atom. The zero-order valence-electron chi connectivity index (χ0n) is 16.1. The van der Waals surface area contributed by atoms with E-state index in [4.69, 9.17) is 4.74 Å². The van der Waals surface area contributed by atoms with Gasteiger partial charge in [0.25, 0.3) is 5.91 Å². The number of thioether (sulfide) groups is 1. The highest BCUT2D eigenvalue weighted by Gasteiger charge is 2.30. The molecule has 1 aromatic heterocycles. The molecule has 8 heteroatoms. The van der Waals surface area contributed by atoms with Gasteiger partial charge >= 0.3 is 0 Å². The lowest BCUT2D eigenvalue weighted by Crippen LogP contribution is -2.24. The van der Waals surface area contributed by atoms with E-state index in [0.29, 0.717) is 23.2 Å². The molecule has 5 nitrogen and oxygen atoms in total. The van der Waals surface area contributed by atoms with E-state index in [1.54, 1.807) is 24.8 Å². The maximum Gasteiger partial charge on any atom is 0.266 e. The normalized spacial score (nSPS) is 17.4. The van der Waals surface area contributed by atoms with Crippen LogP contribution >= 0.6 is 11.8 Å². The van der Waals surface area contributed by atoms with Crippen LogP contribution in [0.1, 0.15) is 17.0 Å². The lowest BCUT2D eigenvalue weighted by Gasteiger charge is -2.10. The molecule has 28 heavy (non-hydrogen) atoms. The van der Waals surface area contributed by atoms with Gasteiger partial charge in [-0.25, -0.2) is 8.78 Å². The van der Waals surface area contributed by atoms with Crippen molar-refractivity contribution >= 4 is 28.9 Å². The molecule has 0 bridgehead atoms.